The highest BCUT2D eigenvalue weighted by Crippen LogP contribution is 2.32. The normalized spacial score (nSPS) is 10.8. The maximum absolute atomic E-state index is 13.5. The van der Waals surface area contributed by atoms with Gasteiger partial charge < -0.3 is 4.74 Å². The Bertz CT molecular complexity index is 783. The lowest BCUT2D eigenvalue weighted by molar-refractivity contribution is 0.415. The molecule has 20 heavy (non-hydrogen) atoms. The number of aryl methyl sites for hydroxylation is 1. The second-order valence-electron chi connectivity index (χ2n) is 4.69. The molecule has 1 aromatic heterocycles. The Balaban J connectivity index is 2.28. The smallest absolute Gasteiger partial charge is 0.128 e. The zero-order valence-corrected chi connectivity index (χ0v) is 11.4. The average molecular weight is 267 g/mol. The van der Waals surface area contributed by atoms with E-state index in [0.29, 0.717) is 11.3 Å². The highest BCUT2D eigenvalue weighted by atomic mass is 19.1. The van der Waals surface area contributed by atoms with Crippen LogP contribution in [0.5, 0.6) is 5.75 Å². The quantitative estimate of drug-likeness (QED) is 0.688. The summed E-state index contributed by atoms with van der Waals surface area (Å²) in [7, 11) is 1.58. The summed E-state index contributed by atoms with van der Waals surface area (Å²) in [6.07, 6.45) is 0. The molecule has 3 rings (SSSR count). The van der Waals surface area contributed by atoms with E-state index < -0.39 is 0 Å². The van der Waals surface area contributed by atoms with Crippen molar-refractivity contribution in [3.8, 4) is 17.0 Å². The van der Waals surface area contributed by atoms with Crippen molar-refractivity contribution in [1.29, 1.82) is 0 Å². The Labute approximate surface area is 116 Å². The van der Waals surface area contributed by atoms with Gasteiger partial charge in [-0.2, -0.15) is 0 Å². The number of nitrogens with zero attached hydrogens (tertiary/aromatic N) is 1. The molecule has 3 aromatic rings. The molecule has 1 heterocycles. The van der Waals surface area contributed by atoms with Crippen LogP contribution in [0.3, 0.4) is 0 Å². The first-order valence-electron chi connectivity index (χ1n) is 6.39. The van der Waals surface area contributed by atoms with E-state index in [9.17, 15) is 4.39 Å². The molecule has 0 radical (unpaired) electrons. The summed E-state index contributed by atoms with van der Waals surface area (Å²) in [5.74, 6) is 0.326. The largest absolute Gasteiger partial charge is 0.496 e. The topological polar surface area (TPSA) is 22.1 Å². The molecule has 0 amide bonds. The molecule has 0 aliphatic carbocycles. The van der Waals surface area contributed by atoms with Crippen molar-refractivity contribution in [3.63, 3.8) is 0 Å². The molecule has 0 aliphatic heterocycles. The molecule has 0 saturated heterocycles. The van der Waals surface area contributed by atoms with E-state index in [4.69, 9.17) is 4.74 Å². The van der Waals surface area contributed by atoms with E-state index >= 15 is 0 Å². The summed E-state index contributed by atoms with van der Waals surface area (Å²) in [5.41, 5.74) is 3.31. The molecule has 0 aliphatic rings. The first kappa shape index (κ1) is 12.6. The molecule has 0 fully saturated rings. The van der Waals surface area contributed by atoms with Crippen LogP contribution in [0.2, 0.25) is 0 Å². The van der Waals surface area contributed by atoms with Crippen molar-refractivity contribution in [2.75, 3.05) is 7.11 Å². The van der Waals surface area contributed by atoms with E-state index in [1.54, 1.807) is 13.2 Å². The lowest BCUT2D eigenvalue weighted by atomic mass is 10.0. The summed E-state index contributed by atoms with van der Waals surface area (Å²) in [6.45, 7) is 1.97. The predicted octanol–water partition coefficient (Wildman–Crippen LogP) is 4.36. The highest BCUT2D eigenvalue weighted by Gasteiger charge is 2.12. The van der Waals surface area contributed by atoms with E-state index in [-0.39, 0.29) is 5.82 Å². The summed E-state index contributed by atoms with van der Waals surface area (Å²) < 4.78 is 18.8. The van der Waals surface area contributed by atoms with Crippen molar-refractivity contribution in [1.82, 2.24) is 4.98 Å². The molecular formula is C17H14FNO. The maximum atomic E-state index is 13.5. The van der Waals surface area contributed by atoms with Gasteiger partial charge in [-0.15, -0.1) is 0 Å². The van der Waals surface area contributed by atoms with Crippen LogP contribution in [0.1, 0.15) is 5.56 Å². The number of para-hydroxylation sites is 1. The Morgan fingerprint density at radius 2 is 1.85 bits per heavy atom. The molecular weight excluding hydrogens is 253 g/mol. The maximum Gasteiger partial charge on any atom is 0.128 e. The van der Waals surface area contributed by atoms with Crippen LogP contribution in [-0.4, -0.2) is 12.1 Å². The monoisotopic (exact) mass is 267 g/mol. The summed E-state index contributed by atoms with van der Waals surface area (Å²) >= 11 is 0. The van der Waals surface area contributed by atoms with Gasteiger partial charge in [0.2, 0.25) is 0 Å². The molecule has 2 aromatic carbocycles. The fraction of sp³-hybridized carbons (Fsp3) is 0.118. The van der Waals surface area contributed by atoms with Gasteiger partial charge in [0.25, 0.3) is 0 Å². The zero-order chi connectivity index (χ0) is 14.1. The number of ether oxygens (including phenoxy) is 1. The minimum Gasteiger partial charge on any atom is -0.496 e. The second kappa shape index (κ2) is 4.93. The molecule has 0 atom stereocenters. The average Bonchev–Trinajstić information content (AvgIpc) is 2.46. The molecule has 0 spiro atoms. The van der Waals surface area contributed by atoms with Crippen molar-refractivity contribution in [2.45, 2.75) is 6.92 Å². The fourth-order valence-corrected chi connectivity index (χ4v) is 2.36. The van der Waals surface area contributed by atoms with Gasteiger partial charge in [-0.25, -0.2) is 9.37 Å². The van der Waals surface area contributed by atoms with Crippen LogP contribution >= 0.6 is 0 Å². The number of benzene rings is 2. The number of rotatable bonds is 2. The van der Waals surface area contributed by atoms with Gasteiger partial charge in [0, 0.05) is 10.9 Å². The number of aromatic nitrogens is 1. The van der Waals surface area contributed by atoms with Crippen LogP contribution in [-0.2, 0) is 0 Å². The molecule has 100 valence electrons. The Morgan fingerprint density at radius 3 is 2.65 bits per heavy atom. The first-order chi connectivity index (χ1) is 9.69. The lowest BCUT2D eigenvalue weighted by Gasteiger charge is -2.11. The van der Waals surface area contributed by atoms with Crippen molar-refractivity contribution in [3.05, 3.63) is 59.9 Å². The Hall–Kier alpha value is -2.42. The van der Waals surface area contributed by atoms with E-state index in [0.717, 1.165) is 22.2 Å². The second-order valence-corrected chi connectivity index (χ2v) is 4.69. The predicted molar refractivity (Wildman–Crippen MR) is 78.4 cm³/mol. The number of fused-ring (bicyclic) bond motifs is 1. The SMILES string of the molecule is COc1ccc(F)cc1-c1nc2ccccc2cc1C. The highest BCUT2D eigenvalue weighted by molar-refractivity contribution is 5.84. The molecule has 0 bridgehead atoms. The molecule has 0 unspecified atom stereocenters. The number of pyridine rings is 1. The van der Waals surface area contributed by atoms with Gasteiger partial charge in [-0.1, -0.05) is 18.2 Å². The summed E-state index contributed by atoms with van der Waals surface area (Å²) in [5, 5.41) is 1.07. The van der Waals surface area contributed by atoms with Crippen LogP contribution in [0, 0.1) is 12.7 Å². The molecule has 3 heteroatoms. The van der Waals surface area contributed by atoms with Gasteiger partial charge in [0.05, 0.1) is 18.3 Å². The van der Waals surface area contributed by atoms with Gasteiger partial charge in [-0.3, -0.25) is 0 Å². The van der Waals surface area contributed by atoms with Gasteiger partial charge >= 0.3 is 0 Å². The fourth-order valence-electron chi connectivity index (χ4n) is 2.36. The van der Waals surface area contributed by atoms with Crippen LogP contribution < -0.4 is 4.74 Å². The number of methoxy groups -OCH3 is 1. The Morgan fingerprint density at radius 1 is 1.05 bits per heavy atom. The Kier molecular flexibility index (Phi) is 3.11. The lowest BCUT2D eigenvalue weighted by Crippen LogP contribution is -1.94. The van der Waals surface area contributed by atoms with Crippen molar-refractivity contribution < 1.29 is 9.13 Å². The number of hydrogen-bond donors (Lipinski definition) is 0. The minimum absolute atomic E-state index is 0.296. The van der Waals surface area contributed by atoms with E-state index in [1.807, 2.05) is 31.2 Å². The molecule has 2 nitrogen and oxygen atoms in total. The first-order valence-corrected chi connectivity index (χ1v) is 6.39. The minimum atomic E-state index is -0.296. The van der Waals surface area contributed by atoms with Crippen LogP contribution in [0.15, 0.2) is 48.5 Å². The zero-order valence-electron chi connectivity index (χ0n) is 11.4. The summed E-state index contributed by atoms with van der Waals surface area (Å²) in [4.78, 5) is 4.65. The van der Waals surface area contributed by atoms with Gasteiger partial charge in [0.1, 0.15) is 11.6 Å². The van der Waals surface area contributed by atoms with Crippen LogP contribution in [0.4, 0.5) is 4.39 Å². The van der Waals surface area contributed by atoms with Gasteiger partial charge in [-0.05, 0) is 42.8 Å². The third-order valence-corrected chi connectivity index (χ3v) is 3.33. The number of halogens is 1. The van der Waals surface area contributed by atoms with Gasteiger partial charge in [0.15, 0.2) is 0 Å². The molecule has 0 N–H and O–H groups in total. The third-order valence-electron chi connectivity index (χ3n) is 3.33. The standard InChI is InChI=1S/C17H14FNO/c1-11-9-12-5-3-4-6-15(12)19-17(11)14-10-13(18)7-8-16(14)20-2/h3-10H,1-2H3. The summed E-state index contributed by atoms with van der Waals surface area (Å²) in [6, 6.07) is 14.4. The van der Waals surface area contributed by atoms with E-state index in [2.05, 4.69) is 11.1 Å². The van der Waals surface area contributed by atoms with Crippen LogP contribution in [0.25, 0.3) is 22.2 Å². The van der Waals surface area contributed by atoms with Crippen molar-refractivity contribution >= 4 is 10.9 Å². The van der Waals surface area contributed by atoms with E-state index in [1.165, 1.54) is 12.1 Å². The third kappa shape index (κ3) is 2.11. The number of hydrogen-bond acceptors (Lipinski definition) is 2. The van der Waals surface area contributed by atoms with Crippen molar-refractivity contribution in [2.24, 2.45) is 0 Å². The molecule has 0 saturated carbocycles.